The van der Waals surface area contributed by atoms with Gasteiger partial charge in [0, 0.05) is 36.5 Å². The first-order valence-electron chi connectivity index (χ1n) is 6.60. The van der Waals surface area contributed by atoms with Crippen LogP contribution in [0.1, 0.15) is 29.8 Å². The Morgan fingerprint density at radius 3 is 2.80 bits per heavy atom. The van der Waals surface area contributed by atoms with Crippen molar-refractivity contribution in [1.82, 2.24) is 15.1 Å². The van der Waals surface area contributed by atoms with Crippen molar-refractivity contribution in [2.75, 3.05) is 7.11 Å². The van der Waals surface area contributed by atoms with Crippen LogP contribution >= 0.6 is 0 Å². The summed E-state index contributed by atoms with van der Waals surface area (Å²) in [6.45, 7) is 4.70. The summed E-state index contributed by atoms with van der Waals surface area (Å²) in [7, 11) is 3.55. The molecule has 5 heteroatoms. The number of hydrogen-bond donors (Lipinski definition) is 2. The largest absolute Gasteiger partial charge is 0.508 e. The number of benzene rings is 1. The van der Waals surface area contributed by atoms with Gasteiger partial charge in [-0.3, -0.25) is 4.68 Å². The Balaban J connectivity index is 2.07. The third-order valence-electron chi connectivity index (χ3n) is 3.63. The van der Waals surface area contributed by atoms with Crippen molar-refractivity contribution in [3.8, 4) is 11.5 Å². The first-order chi connectivity index (χ1) is 9.52. The smallest absolute Gasteiger partial charge is 0.120 e. The van der Waals surface area contributed by atoms with Crippen LogP contribution in [0.4, 0.5) is 0 Å². The van der Waals surface area contributed by atoms with Crippen molar-refractivity contribution in [3.05, 3.63) is 41.2 Å². The summed E-state index contributed by atoms with van der Waals surface area (Å²) in [5.41, 5.74) is 3.12. The average Bonchev–Trinajstić information content (AvgIpc) is 2.78. The molecule has 0 aliphatic heterocycles. The van der Waals surface area contributed by atoms with E-state index in [1.54, 1.807) is 19.2 Å². The lowest BCUT2D eigenvalue weighted by molar-refractivity contribution is 0.409. The molecule has 0 spiro atoms. The highest BCUT2D eigenvalue weighted by molar-refractivity contribution is 5.39. The fourth-order valence-corrected chi connectivity index (χ4v) is 2.14. The van der Waals surface area contributed by atoms with E-state index in [2.05, 4.69) is 17.3 Å². The molecule has 2 N–H and O–H groups in total. The molecular formula is C15H21N3O2. The van der Waals surface area contributed by atoms with Gasteiger partial charge in [0.15, 0.2) is 0 Å². The number of phenols is 1. The highest BCUT2D eigenvalue weighted by Crippen LogP contribution is 2.24. The number of hydrogen-bond acceptors (Lipinski definition) is 4. The highest BCUT2D eigenvalue weighted by Gasteiger charge is 2.12. The van der Waals surface area contributed by atoms with E-state index in [0.29, 0.717) is 6.54 Å². The van der Waals surface area contributed by atoms with E-state index >= 15 is 0 Å². The van der Waals surface area contributed by atoms with Gasteiger partial charge in [0.1, 0.15) is 11.5 Å². The lowest BCUT2D eigenvalue weighted by Gasteiger charge is -2.15. The SMILES string of the molecule is COc1ccc(O)c(CNC(C)c2cnn(C)c2C)c1. The Morgan fingerprint density at radius 1 is 1.45 bits per heavy atom. The molecule has 5 nitrogen and oxygen atoms in total. The number of methoxy groups -OCH3 is 1. The van der Waals surface area contributed by atoms with Crippen molar-refractivity contribution >= 4 is 0 Å². The number of aryl methyl sites for hydroxylation is 1. The van der Waals surface area contributed by atoms with Gasteiger partial charge in [-0.25, -0.2) is 0 Å². The molecule has 0 radical (unpaired) electrons. The minimum atomic E-state index is 0.161. The Bertz CT molecular complexity index is 593. The van der Waals surface area contributed by atoms with Crippen molar-refractivity contribution in [2.45, 2.75) is 26.4 Å². The number of nitrogens with zero attached hydrogens (tertiary/aromatic N) is 2. The molecule has 20 heavy (non-hydrogen) atoms. The Hall–Kier alpha value is -2.01. The summed E-state index contributed by atoms with van der Waals surface area (Å²) in [6, 6.07) is 5.39. The molecule has 0 amide bonds. The highest BCUT2D eigenvalue weighted by atomic mass is 16.5. The van der Waals surface area contributed by atoms with E-state index in [-0.39, 0.29) is 11.8 Å². The van der Waals surface area contributed by atoms with Gasteiger partial charge >= 0.3 is 0 Å². The second kappa shape index (κ2) is 5.96. The summed E-state index contributed by atoms with van der Waals surface area (Å²) < 4.78 is 7.03. The molecule has 0 saturated carbocycles. The lowest BCUT2D eigenvalue weighted by atomic mass is 10.1. The summed E-state index contributed by atoms with van der Waals surface area (Å²) in [6.07, 6.45) is 1.87. The van der Waals surface area contributed by atoms with Gasteiger partial charge < -0.3 is 15.2 Å². The van der Waals surface area contributed by atoms with E-state index in [0.717, 1.165) is 22.6 Å². The van der Waals surface area contributed by atoms with Crippen LogP contribution in [-0.4, -0.2) is 22.0 Å². The van der Waals surface area contributed by atoms with E-state index in [1.165, 1.54) is 0 Å². The monoisotopic (exact) mass is 275 g/mol. The molecule has 1 unspecified atom stereocenters. The normalized spacial score (nSPS) is 12.4. The second-order valence-electron chi connectivity index (χ2n) is 4.91. The van der Waals surface area contributed by atoms with Gasteiger partial charge in [0.2, 0.25) is 0 Å². The van der Waals surface area contributed by atoms with Gasteiger partial charge in [-0.2, -0.15) is 5.10 Å². The van der Waals surface area contributed by atoms with Crippen LogP contribution in [0.5, 0.6) is 11.5 Å². The van der Waals surface area contributed by atoms with Crippen molar-refractivity contribution < 1.29 is 9.84 Å². The number of rotatable bonds is 5. The minimum Gasteiger partial charge on any atom is -0.508 e. The zero-order valence-corrected chi connectivity index (χ0v) is 12.3. The molecule has 0 bridgehead atoms. The summed E-state index contributed by atoms with van der Waals surface area (Å²) in [4.78, 5) is 0. The van der Waals surface area contributed by atoms with E-state index < -0.39 is 0 Å². The molecule has 2 aromatic rings. The third-order valence-corrected chi connectivity index (χ3v) is 3.63. The Labute approximate surface area is 119 Å². The molecule has 1 atom stereocenters. The molecule has 108 valence electrons. The number of aromatic hydroxyl groups is 1. The third kappa shape index (κ3) is 2.93. The predicted octanol–water partition coefficient (Wildman–Crippen LogP) is 2.29. The van der Waals surface area contributed by atoms with Crippen molar-refractivity contribution in [2.24, 2.45) is 7.05 Å². The van der Waals surface area contributed by atoms with Crippen LogP contribution in [0.3, 0.4) is 0 Å². The van der Waals surface area contributed by atoms with Crippen LogP contribution in [0.2, 0.25) is 0 Å². The maximum Gasteiger partial charge on any atom is 0.120 e. The van der Waals surface area contributed by atoms with Crippen LogP contribution in [0, 0.1) is 6.92 Å². The minimum absolute atomic E-state index is 0.161. The van der Waals surface area contributed by atoms with Gasteiger partial charge in [0.05, 0.1) is 13.3 Å². The molecule has 0 aliphatic carbocycles. The first kappa shape index (κ1) is 14.4. The molecule has 1 aromatic heterocycles. The van der Waals surface area contributed by atoms with Crippen LogP contribution in [-0.2, 0) is 13.6 Å². The molecule has 1 aromatic carbocycles. The van der Waals surface area contributed by atoms with Crippen LogP contribution in [0.25, 0.3) is 0 Å². The van der Waals surface area contributed by atoms with Crippen LogP contribution in [0.15, 0.2) is 24.4 Å². The predicted molar refractivity (Wildman–Crippen MR) is 77.9 cm³/mol. The molecule has 0 fully saturated rings. The quantitative estimate of drug-likeness (QED) is 0.879. The maximum atomic E-state index is 9.86. The molecule has 1 heterocycles. The number of ether oxygens (including phenoxy) is 1. The first-order valence-corrected chi connectivity index (χ1v) is 6.60. The Morgan fingerprint density at radius 2 is 2.20 bits per heavy atom. The number of phenolic OH excluding ortho intramolecular Hbond substituents is 1. The van der Waals surface area contributed by atoms with E-state index in [4.69, 9.17) is 4.74 Å². The maximum absolute atomic E-state index is 9.86. The van der Waals surface area contributed by atoms with Crippen LogP contribution < -0.4 is 10.1 Å². The average molecular weight is 275 g/mol. The van der Waals surface area contributed by atoms with E-state index in [1.807, 2.05) is 30.9 Å². The van der Waals surface area contributed by atoms with Gasteiger partial charge in [-0.1, -0.05) is 0 Å². The molecule has 0 saturated heterocycles. The number of nitrogens with one attached hydrogen (secondary N) is 1. The molecular weight excluding hydrogens is 254 g/mol. The fourth-order valence-electron chi connectivity index (χ4n) is 2.14. The molecule has 0 aliphatic rings. The molecule has 2 rings (SSSR count). The van der Waals surface area contributed by atoms with Crippen molar-refractivity contribution in [1.29, 1.82) is 0 Å². The van der Waals surface area contributed by atoms with Gasteiger partial charge in [0.25, 0.3) is 0 Å². The van der Waals surface area contributed by atoms with Crippen molar-refractivity contribution in [3.63, 3.8) is 0 Å². The van der Waals surface area contributed by atoms with Gasteiger partial charge in [-0.05, 0) is 32.0 Å². The summed E-state index contributed by atoms with van der Waals surface area (Å²) >= 11 is 0. The summed E-state index contributed by atoms with van der Waals surface area (Å²) in [5.74, 6) is 1.01. The van der Waals surface area contributed by atoms with Gasteiger partial charge in [-0.15, -0.1) is 0 Å². The summed E-state index contributed by atoms with van der Waals surface area (Å²) in [5, 5.41) is 17.5. The topological polar surface area (TPSA) is 59.3 Å². The zero-order valence-electron chi connectivity index (χ0n) is 12.3. The zero-order chi connectivity index (χ0) is 14.7. The van der Waals surface area contributed by atoms with E-state index in [9.17, 15) is 5.11 Å². The standard InChI is InChI=1S/C15H21N3O2/c1-10(14-9-17-18(3)11(14)2)16-8-12-7-13(20-4)5-6-15(12)19/h5-7,9-10,16,19H,8H2,1-4H3. The second-order valence-corrected chi connectivity index (χ2v) is 4.91. The Kier molecular flexibility index (Phi) is 4.29. The fraction of sp³-hybridized carbons (Fsp3) is 0.400. The number of aromatic nitrogens is 2. The lowest BCUT2D eigenvalue weighted by Crippen LogP contribution is -2.18.